The average Bonchev–Trinajstić information content (AvgIpc) is 2.60. The van der Waals surface area contributed by atoms with E-state index in [9.17, 15) is 13.6 Å². The lowest BCUT2D eigenvalue weighted by Crippen LogP contribution is -2.37. The number of halogens is 2. The highest BCUT2D eigenvalue weighted by atomic mass is 19.1. The quantitative estimate of drug-likeness (QED) is 0.735. The Balaban J connectivity index is 1.78. The standard InChI is InChI=1S/C20H23F2NO3/c1-3-25-18-7-5-4-6-15(18)8-11-20(24)23-14(2)13-26-19-10-9-16(21)12-17(19)22/h4-7,9-10,12,14H,3,8,11,13H2,1-2H3,(H,23,24). The van der Waals surface area contributed by atoms with Gasteiger partial charge in [0.15, 0.2) is 11.6 Å². The molecule has 1 atom stereocenters. The van der Waals surface area contributed by atoms with Gasteiger partial charge in [-0.2, -0.15) is 0 Å². The van der Waals surface area contributed by atoms with Crippen LogP contribution in [0.15, 0.2) is 42.5 Å². The van der Waals surface area contributed by atoms with Crippen LogP contribution in [-0.2, 0) is 11.2 Å². The Morgan fingerprint density at radius 1 is 1.12 bits per heavy atom. The zero-order valence-corrected chi connectivity index (χ0v) is 14.9. The average molecular weight is 363 g/mol. The summed E-state index contributed by atoms with van der Waals surface area (Å²) in [4.78, 5) is 12.1. The molecule has 0 aromatic heterocycles. The summed E-state index contributed by atoms with van der Waals surface area (Å²) < 4.78 is 37.2. The number of nitrogens with one attached hydrogen (secondary N) is 1. The van der Waals surface area contributed by atoms with Crippen molar-refractivity contribution in [3.8, 4) is 11.5 Å². The Bertz CT molecular complexity index is 737. The van der Waals surface area contributed by atoms with Crippen molar-refractivity contribution in [2.75, 3.05) is 13.2 Å². The highest BCUT2D eigenvalue weighted by Gasteiger charge is 2.12. The van der Waals surface area contributed by atoms with E-state index in [0.717, 1.165) is 23.4 Å². The Kier molecular flexibility index (Phi) is 7.38. The van der Waals surface area contributed by atoms with E-state index in [4.69, 9.17) is 9.47 Å². The number of carbonyl (C=O) groups excluding carboxylic acids is 1. The Morgan fingerprint density at radius 3 is 2.62 bits per heavy atom. The maximum Gasteiger partial charge on any atom is 0.220 e. The maximum absolute atomic E-state index is 13.5. The van der Waals surface area contributed by atoms with Crippen molar-refractivity contribution in [2.45, 2.75) is 32.7 Å². The highest BCUT2D eigenvalue weighted by molar-refractivity contribution is 5.76. The molecule has 1 N–H and O–H groups in total. The third kappa shape index (κ3) is 6.02. The molecule has 0 aliphatic rings. The molecule has 1 unspecified atom stereocenters. The molecule has 0 aliphatic heterocycles. The molecule has 0 saturated heterocycles. The number of para-hydroxylation sites is 1. The van der Waals surface area contributed by atoms with Crippen molar-refractivity contribution in [1.82, 2.24) is 5.32 Å². The van der Waals surface area contributed by atoms with Gasteiger partial charge < -0.3 is 14.8 Å². The van der Waals surface area contributed by atoms with E-state index >= 15 is 0 Å². The van der Waals surface area contributed by atoms with Crippen LogP contribution in [0.2, 0.25) is 0 Å². The van der Waals surface area contributed by atoms with E-state index in [0.29, 0.717) is 19.4 Å². The SMILES string of the molecule is CCOc1ccccc1CCC(=O)NC(C)COc1ccc(F)cc1F. The summed E-state index contributed by atoms with van der Waals surface area (Å²) >= 11 is 0. The Labute approximate surface area is 152 Å². The molecule has 0 radical (unpaired) electrons. The van der Waals surface area contributed by atoms with Gasteiger partial charge in [0, 0.05) is 12.5 Å². The van der Waals surface area contributed by atoms with E-state index in [1.54, 1.807) is 6.92 Å². The summed E-state index contributed by atoms with van der Waals surface area (Å²) in [5.41, 5.74) is 0.974. The minimum absolute atomic E-state index is 0.0434. The number of carbonyl (C=O) groups is 1. The summed E-state index contributed by atoms with van der Waals surface area (Å²) in [5, 5.41) is 2.80. The second-order valence-electron chi connectivity index (χ2n) is 5.90. The van der Waals surface area contributed by atoms with Gasteiger partial charge in [-0.15, -0.1) is 0 Å². The van der Waals surface area contributed by atoms with Gasteiger partial charge in [0.25, 0.3) is 0 Å². The van der Waals surface area contributed by atoms with Crippen LogP contribution in [0.1, 0.15) is 25.8 Å². The zero-order chi connectivity index (χ0) is 18.9. The van der Waals surface area contributed by atoms with Gasteiger partial charge in [-0.1, -0.05) is 18.2 Å². The molecule has 140 valence electrons. The van der Waals surface area contributed by atoms with Crippen molar-refractivity contribution in [1.29, 1.82) is 0 Å². The van der Waals surface area contributed by atoms with E-state index in [1.165, 1.54) is 6.07 Å². The van der Waals surface area contributed by atoms with E-state index in [1.807, 2.05) is 31.2 Å². The molecule has 0 fully saturated rings. The maximum atomic E-state index is 13.5. The lowest BCUT2D eigenvalue weighted by Gasteiger charge is -2.16. The number of hydrogen-bond donors (Lipinski definition) is 1. The van der Waals surface area contributed by atoms with Crippen LogP contribution in [0.5, 0.6) is 11.5 Å². The number of hydrogen-bond acceptors (Lipinski definition) is 3. The summed E-state index contributed by atoms with van der Waals surface area (Å²) in [7, 11) is 0. The molecule has 0 aliphatic carbocycles. The fourth-order valence-corrected chi connectivity index (χ4v) is 2.45. The first-order valence-corrected chi connectivity index (χ1v) is 8.57. The number of aryl methyl sites for hydroxylation is 1. The molecule has 2 aromatic rings. The number of benzene rings is 2. The molecule has 6 heteroatoms. The predicted molar refractivity (Wildman–Crippen MR) is 95.4 cm³/mol. The zero-order valence-electron chi connectivity index (χ0n) is 14.9. The summed E-state index contributed by atoms with van der Waals surface area (Å²) in [5.74, 6) is -0.823. The third-order valence-electron chi connectivity index (χ3n) is 3.68. The predicted octanol–water partition coefficient (Wildman–Crippen LogP) is 3.88. The fourth-order valence-electron chi connectivity index (χ4n) is 2.45. The lowest BCUT2D eigenvalue weighted by molar-refractivity contribution is -0.121. The number of ether oxygens (including phenoxy) is 2. The van der Waals surface area contributed by atoms with Crippen LogP contribution in [0, 0.1) is 11.6 Å². The van der Waals surface area contributed by atoms with Gasteiger partial charge in [0.2, 0.25) is 5.91 Å². The minimum Gasteiger partial charge on any atom is -0.494 e. The molecule has 0 bridgehead atoms. The van der Waals surface area contributed by atoms with Crippen LogP contribution in [-0.4, -0.2) is 25.2 Å². The van der Waals surface area contributed by atoms with Gasteiger partial charge in [-0.3, -0.25) is 4.79 Å². The molecule has 2 aromatic carbocycles. The Morgan fingerprint density at radius 2 is 1.88 bits per heavy atom. The van der Waals surface area contributed by atoms with Crippen LogP contribution in [0.3, 0.4) is 0 Å². The lowest BCUT2D eigenvalue weighted by atomic mass is 10.1. The molecule has 0 spiro atoms. The van der Waals surface area contributed by atoms with Crippen LogP contribution in [0.4, 0.5) is 8.78 Å². The first kappa shape index (κ1) is 19.7. The molecule has 0 saturated carbocycles. The van der Waals surface area contributed by atoms with Crippen molar-refractivity contribution < 1.29 is 23.0 Å². The highest BCUT2D eigenvalue weighted by Crippen LogP contribution is 2.20. The van der Waals surface area contributed by atoms with E-state index < -0.39 is 11.6 Å². The molecule has 0 heterocycles. The van der Waals surface area contributed by atoms with Crippen LogP contribution >= 0.6 is 0 Å². The Hall–Kier alpha value is -2.63. The monoisotopic (exact) mass is 363 g/mol. The van der Waals surface area contributed by atoms with Crippen molar-refractivity contribution in [2.24, 2.45) is 0 Å². The molecule has 1 amide bonds. The molecule has 4 nitrogen and oxygen atoms in total. The van der Waals surface area contributed by atoms with Gasteiger partial charge >= 0.3 is 0 Å². The van der Waals surface area contributed by atoms with Gasteiger partial charge in [-0.25, -0.2) is 8.78 Å². The fraction of sp³-hybridized carbons (Fsp3) is 0.350. The van der Waals surface area contributed by atoms with Gasteiger partial charge in [0.05, 0.1) is 12.6 Å². The largest absolute Gasteiger partial charge is 0.494 e. The second-order valence-corrected chi connectivity index (χ2v) is 5.90. The van der Waals surface area contributed by atoms with E-state index in [2.05, 4.69) is 5.32 Å². The molecular formula is C20H23F2NO3. The third-order valence-corrected chi connectivity index (χ3v) is 3.68. The first-order chi connectivity index (χ1) is 12.5. The summed E-state index contributed by atoms with van der Waals surface area (Å²) in [6.45, 7) is 4.32. The number of rotatable bonds is 9. The number of amides is 1. The van der Waals surface area contributed by atoms with Crippen molar-refractivity contribution >= 4 is 5.91 Å². The topological polar surface area (TPSA) is 47.6 Å². The second kappa shape index (κ2) is 9.75. The van der Waals surface area contributed by atoms with Gasteiger partial charge in [-0.05, 0) is 44.0 Å². The van der Waals surface area contributed by atoms with Crippen LogP contribution < -0.4 is 14.8 Å². The normalized spacial score (nSPS) is 11.7. The summed E-state index contributed by atoms with van der Waals surface area (Å²) in [6, 6.07) is 10.4. The smallest absolute Gasteiger partial charge is 0.220 e. The van der Waals surface area contributed by atoms with E-state index in [-0.39, 0.29) is 24.3 Å². The molecule has 2 rings (SSSR count). The minimum atomic E-state index is -0.768. The summed E-state index contributed by atoms with van der Waals surface area (Å²) in [6.07, 6.45) is 0.863. The first-order valence-electron chi connectivity index (χ1n) is 8.57. The van der Waals surface area contributed by atoms with Crippen molar-refractivity contribution in [3.05, 3.63) is 59.7 Å². The van der Waals surface area contributed by atoms with Gasteiger partial charge in [0.1, 0.15) is 18.2 Å². The molecule has 26 heavy (non-hydrogen) atoms. The van der Waals surface area contributed by atoms with Crippen LogP contribution in [0.25, 0.3) is 0 Å². The van der Waals surface area contributed by atoms with Crippen molar-refractivity contribution in [3.63, 3.8) is 0 Å². The molecular weight excluding hydrogens is 340 g/mol.